The summed E-state index contributed by atoms with van der Waals surface area (Å²) in [4.78, 5) is 12.4. The van der Waals surface area contributed by atoms with Crippen LogP contribution in [0.25, 0.3) is 0 Å². The van der Waals surface area contributed by atoms with Gasteiger partial charge >= 0.3 is 5.97 Å². The van der Waals surface area contributed by atoms with E-state index in [2.05, 4.69) is 6.92 Å². The van der Waals surface area contributed by atoms with Crippen LogP contribution in [-0.4, -0.2) is 5.97 Å². The van der Waals surface area contributed by atoms with E-state index < -0.39 is 0 Å². The highest BCUT2D eigenvalue weighted by atomic mass is 16.5. The standard InChI is InChI=1S/C27H38O2/c1-2-3-4-5-6-7-8-9-10-11-18-23-26(28)29-27(24-19-14-12-15-20-24)25-21-16-13-17-22-25/h12-17,19-22,27H,2-11,18,23H2,1H3. The van der Waals surface area contributed by atoms with Gasteiger partial charge in [0.15, 0.2) is 6.10 Å². The van der Waals surface area contributed by atoms with Crippen LogP contribution in [0, 0.1) is 0 Å². The summed E-state index contributed by atoms with van der Waals surface area (Å²) in [6.07, 6.45) is 14.3. The molecule has 0 heterocycles. The minimum absolute atomic E-state index is 0.0985. The Bertz CT molecular complexity index is 611. The fraction of sp³-hybridized carbons (Fsp3) is 0.519. The van der Waals surface area contributed by atoms with Gasteiger partial charge in [0.1, 0.15) is 0 Å². The second-order valence-corrected chi connectivity index (χ2v) is 7.98. The van der Waals surface area contributed by atoms with E-state index in [-0.39, 0.29) is 12.1 Å². The minimum Gasteiger partial charge on any atom is -0.453 e. The van der Waals surface area contributed by atoms with E-state index in [0.717, 1.165) is 24.0 Å². The fourth-order valence-electron chi connectivity index (χ4n) is 3.71. The van der Waals surface area contributed by atoms with Gasteiger partial charge in [0, 0.05) is 6.42 Å². The molecule has 0 radical (unpaired) electrons. The Balaban J connectivity index is 1.64. The zero-order valence-corrected chi connectivity index (χ0v) is 18.2. The highest BCUT2D eigenvalue weighted by Crippen LogP contribution is 2.26. The number of hydrogen-bond acceptors (Lipinski definition) is 2. The van der Waals surface area contributed by atoms with Crippen molar-refractivity contribution in [3.05, 3.63) is 71.8 Å². The molecule has 0 amide bonds. The minimum atomic E-state index is -0.322. The van der Waals surface area contributed by atoms with Gasteiger partial charge in [0.05, 0.1) is 0 Å². The maximum atomic E-state index is 12.4. The summed E-state index contributed by atoms with van der Waals surface area (Å²) in [5, 5.41) is 0. The van der Waals surface area contributed by atoms with Crippen molar-refractivity contribution >= 4 is 5.97 Å². The molecule has 0 aliphatic rings. The van der Waals surface area contributed by atoms with Crippen molar-refractivity contribution in [2.45, 2.75) is 90.1 Å². The molecule has 0 aliphatic heterocycles. The molecular weight excluding hydrogens is 356 g/mol. The van der Waals surface area contributed by atoms with Crippen LogP contribution < -0.4 is 0 Å². The summed E-state index contributed by atoms with van der Waals surface area (Å²) >= 11 is 0. The maximum Gasteiger partial charge on any atom is 0.306 e. The van der Waals surface area contributed by atoms with Crippen LogP contribution in [0.15, 0.2) is 60.7 Å². The average Bonchev–Trinajstić information content (AvgIpc) is 2.77. The number of carbonyl (C=O) groups excluding carboxylic acids is 1. The van der Waals surface area contributed by atoms with Crippen molar-refractivity contribution in [3.63, 3.8) is 0 Å². The number of benzene rings is 2. The smallest absolute Gasteiger partial charge is 0.306 e. The third-order valence-corrected chi connectivity index (χ3v) is 5.44. The highest BCUT2D eigenvalue weighted by molar-refractivity contribution is 5.70. The van der Waals surface area contributed by atoms with Crippen molar-refractivity contribution in [1.29, 1.82) is 0 Å². The van der Waals surface area contributed by atoms with Crippen molar-refractivity contribution in [2.75, 3.05) is 0 Å². The monoisotopic (exact) mass is 394 g/mol. The van der Waals surface area contributed by atoms with Crippen LogP contribution in [0.4, 0.5) is 0 Å². The molecule has 0 bridgehead atoms. The van der Waals surface area contributed by atoms with Crippen molar-refractivity contribution in [1.82, 2.24) is 0 Å². The molecule has 0 atom stereocenters. The van der Waals surface area contributed by atoms with Gasteiger partial charge in [-0.2, -0.15) is 0 Å². The lowest BCUT2D eigenvalue weighted by Gasteiger charge is -2.19. The van der Waals surface area contributed by atoms with E-state index in [9.17, 15) is 4.79 Å². The molecule has 2 nitrogen and oxygen atoms in total. The zero-order chi connectivity index (χ0) is 20.6. The second-order valence-electron chi connectivity index (χ2n) is 7.98. The van der Waals surface area contributed by atoms with Crippen LogP contribution in [-0.2, 0) is 9.53 Å². The largest absolute Gasteiger partial charge is 0.453 e. The molecular formula is C27H38O2. The van der Waals surface area contributed by atoms with Gasteiger partial charge in [-0.15, -0.1) is 0 Å². The first-order valence-corrected chi connectivity index (χ1v) is 11.6. The van der Waals surface area contributed by atoms with Gasteiger partial charge in [0.2, 0.25) is 0 Å². The molecule has 2 rings (SSSR count). The van der Waals surface area contributed by atoms with E-state index in [1.807, 2.05) is 60.7 Å². The molecule has 0 aliphatic carbocycles. The molecule has 0 fully saturated rings. The average molecular weight is 395 g/mol. The first-order chi connectivity index (χ1) is 14.3. The van der Waals surface area contributed by atoms with Gasteiger partial charge in [-0.3, -0.25) is 4.79 Å². The van der Waals surface area contributed by atoms with Gasteiger partial charge in [-0.05, 0) is 17.5 Å². The quantitative estimate of drug-likeness (QED) is 0.226. The Morgan fingerprint density at radius 3 is 1.52 bits per heavy atom. The molecule has 2 aromatic rings. The van der Waals surface area contributed by atoms with Gasteiger partial charge in [-0.25, -0.2) is 0 Å². The summed E-state index contributed by atoms with van der Waals surface area (Å²) < 4.78 is 5.88. The van der Waals surface area contributed by atoms with Crippen molar-refractivity contribution < 1.29 is 9.53 Å². The van der Waals surface area contributed by atoms with E-state index in [0.29, 0.717) is 6.42 Å². The predicted molar refractivity (Wildman–Crippen MR) is 122 cm³/mol. The fourth-order valence-corrected chi connectivity index (χ4v) is 3.71. The molecule has 0 saturated carbocycles. The Kier molecular flexibility index (Phi) is 11.9. The zero-order valence-electron chi connectivity index (χ0n) is 18.2. The Morgan fingerprint density at radius 2 is 1.07 bits per heavy atom. The van der Waals surface area contributed by atoms with Crippen LogP contribution in [0.3, 0.4) is 0 Å². The van der Waals surface area contributed by atoms with Crippen molar-refractivity contribution in [2.24, 2.45) is 0 Å². The Labute approximate surface area is 177 Å². The van der Waals surface area contributed by atoms with Gasteiger partial charge < -0.3 is 4.74 Å². The lowest BCUT2D eigenvalue weighted by atomic mass is 10.0. The van der Waals surface area contributed by atoms with E-state index in [1.165, 1.54) is 57.8 Å². The van der Waals surface area contributed by atoms with Gasteiger partial charge in [0.25, 0.3) is 0 Å². The van der Waals surface area contributed by atoms with Gasteiger partial charge in [-0.1, -0.05) is 132 Å². The van der Waals surface area contributed by atoms with Crippen LogP contribution >= 0.6 is 0 Å². The van der Waals surface area contributed by atoms with Crippen LogP contribution in [0.1, 0.15) is 101 Å². The summed E-state index contributed by atoms with van der Waals surface area (Å²) in [6, 6.07) is 20.0. The molecule has 0 N–H and O–H groups in total. The van der Waals surface area contributed by atoms with Crippen LogP contribution in [0.2, 0.25) is 0 Å². The number of carbonyl (C=O) groups is 1. The first kappa shape index (κ1) is 23.2. The Hall–Kier alpha value is -2.09. The molecule has 0 saturated heterocycles. The van der Waals surface area contributed by atoms with Crippen molar-refractivity contribution in [3.8, 4) is 0 Å². The summed E-state index contributed by atoms with van der Waals surface area (Å²) in [5.74, 6) is -0.0985. The summed E-state index contributed by atoms with van der Waals surface area (Å²) in [7, 11) is 0. The topological polar surface area (TPSA) is 26.3 Å². The second kappa shape index (κ2) is 14.8. The SMILES string of the molecule is CCCCCCCCCCCCCC(=O)OC(c1ccccc1)c1ccccc1. The van der Waals surface area contributed by atoms with E-state index >= 15 is 0 Å². The Morgan fingerprint density at radius 1 is 0.655 bits per heavy atom. The van der Waals surface area contributed by atoms with E-state index in [4.69, 9.17) is 4.74 Å². The van der Waals surface area contributed by atoms with Crippen LogP contribution in [0.5, 0.6) is 0 Å². The predicted octanol–water partition coefficient (Wildman–Crippen LogP) is 8.02. The molecule has 2 heteroatoms. The highest BCUT2D eigenvalue weighted by Gasteiger charge is 2.18. The number of hydrogen-bond donors (Lipinski definition) is 0. The molecule has 0 aromatic heterocycles. The normalized spacial score (nSPS) is 11.0. The maximum absolute atomic E-state index is 12.4. The third kappa shape index (κ3) is 9.78. The number of ether oxygens (including phenoxy) is 1. The van der Waals surface area contributed by atoms with E-state index in [1.54, 1.807) is 0 Å². The summed E-state index contributed by atoms with van der Waals surface area (Å²) in [5.41, 5.74) is 2.04. The third-order valence-electron chi connectivity index (χ3n) is 5.44. The molecule has 2 aromatic carbocycles. The molecule has 158 valence electrons. The molecule has 0 spiro atoms. The first-order valence-electron chi connectivity index (χ1n) is 11.6. The number of rotatable bonds is 15. The lowest BCUT2D eigenvalue weighted by Crippen LogP contribution is -2.12. The lowest BCUT2D eigenvalue weighted by molar-refractivity contribution is -0.147. The summed E-state index contributed by atoms with van der Waals surface area (Å²) in [6.45, 7) is 2.26. The molecule has 0 unspecified atom stereocenters. The number of esters is 1. The number of unbranched alkanes of at least 4 members (excludes halogenated alkanes) is 10. The molecule has 29 heavy (non-hydrogen) atoms.